The van der Waals surface area contributed by atoms with Gasteiger partial charge in [-0.3, -0.25) is 0 Å². The minimum atomic E-state index is 0.525. The first-order valence-corrected chi connectivity index (χ1v) is 5.11. The fourth-order valence-electron chi connectivity index (χ4n) is 1.37. The minimum absolute atomic E-state index is 0.525. The molecule has 14 heavy (non-hydrogen) atoms. The molecule has 3 heteroatoms. The summed E-state index contributed by atoms with van der Waals surface area (Å²) in [6, 6.07) is 5.98. The Labute approximate surface area is 84.9 Å². The molecule has 2 N–H and O–H groups in total. The van der Waals surface area contributed by atoms with E-state index in [0.29, 0.717) is 5.41 Å². The Balaban J connectivity index is 1.94. The lowest BCUT2D eigenvalue weighted by Crippen LogP contribution is -2.12. The van der Waals surface area contributed by atoms with E-state index in [-0.39, 0.29) is 0 Å². The number of pyridine rings is 1. The molecule has 1 heterocycles. The maximum atomic E-state index is 4.40. The Hall–Kier alpha value is -1.25. The molecule has 76 valence electrons. The van der Waals surface area contributed by atoms with E-state index in [1.165, 1.54) is 12.8 Å². The molecule has 0 saturated heterocycles. The van der Waals surface area contributed by atoms with Crippen LogP contribution < -0.4 is 10.6 Å². The van der Waals surface area contributed by atoms with Crippen molar-refractivity contribution in [2.24, 2.45) is 5.41 Å². The van der Waals surface area contributed by atoms with Crippen molar-refractivity contribution < 1.29 is 0 Å². The Bertz CT molecular complexity index is 318. The topological polar surface area (TPSA) is 37.0 Å². The van der Waals surface area contributed by atoms with Gasteiger partial charge in [0.2, 0.25) is 0 Å². The predicted molar refractivity (Wildman–Crippen MR) is 59.6 cm³/mol. The number of anilines is 2. The molecule has 0 aromatic carbocycles. The first kappa shape index (κ1) is 9.31. The average Bonchev–Trinajstić information content (AvgIpc) is 2.95. The van der Waals surface area contributed by atoms with Crippen molar-refractivity contribution in [1.82, 2.24) is 4.98 Å². The summed E-state index contributed by atoms with van der Waals surface area (Å²) in [5.74, 6) is 1.88. The second-order valence-corrected chi connectivity index (χ2v) is 4.32. The van der Waals surface area contributed by atoms with E-state index in [1.54, 1.807) is 0 Å². The van der Waals surface area contributed by atoms with E-state index < -0.39 is 0 Å². The summed E-state index contributed by atoms with van der Waals surface area (Å²) < 4.78 is 0. The highest BCUT2D eigenvalue weighted by atomic mass is 15.1. The quantitative estimate of drug-likeness (QED) is 0.767. The molecule has 3 nitrogen and oxygen atoms in total. The van der Waals surface area contributed by atoms with Gasteiger partial charge in [0.15, 0.2) is 0 Å². The number of nitrogens with zero attached hydrogens (tertiary/aromatic N) is 1. The van der Waals surface area contributed by atoms with Crippen molar-refractivity contribution in [3.8, 4) is 0 Å². The standard InChI is InChI=1S/C11H17N3/c1-11(6-7-11)8-13-10-5-3-4-9(12-2)14-10/h3-5H,6-8H2,1-2H3,(H2,12,13,14). The van der Waals surface area contributed by atoms with Gasteiger partial charge in [0, 0.05) is 13.6 Å². The second kappa shape index (κ2) is 3.48. The normalized spacial score (nSPS) is 17.6. The maximum absolute atomic E-state index is 4.40. The smallest absolute Gasteiger partial charge is 0.128 e. The van der Waals surface area contributed by atoms with Gasteiger partial charge in [-0.15, -0.1) is 0 Å². The molecule has 0 bridgehead atoms. The molecule has 0 spiro atoms. The van der Waals surface area contributed by atoms with Crippen LogP contribution in [0.4, 0.5) is 11.6 Å². The Morgan fingerprint density at radius 1 is 1.36 bits per heavy atom. The van der Waals surface area contributed by atoms with Gasteiger partial charge in [0.05, 0.1) is 0 Å². The minimum Gasteiger partial charge on any atom is -0.373 e. The lowest BCUT2D eigenvalue weighted by molar-refractivity contribution is 0.609. The van der Waals surface area contributed by atoms with Crippen LogP contribution in [0.15, 0.2) is 18.2 Å². The van der Waals surface area contributed by atoms with Gasteiger partial charge in [-0.05, 0) is 30.4 Å². The van der Waals surface area contributed by atoms with Crippen LogP contribution in [0.5, 0.6) is 0 Å². The van der Waals surface area contributed by atoms with Gasteiger partial charge in [0.25, 0.3) is 0 Å². The van der Waals surface area contributed by atoms with E-state index in [2.05, 4.69) is 22.5 Å². The summed E-state index contributed by atoms with van der Waals surface area (Å²) in [6.45, 7) is 3.34. The van der Waals surface area contributed by atoms with Crippen LogP contribution in [0.2, 0.25) is 0 Å². The number of nitrogens with one attached hydrogen (secondary N) is 2. The van der Waals surface area contributed by atoms with E-state index in [0.717, 1.165) is 18.2 Å². The van der Waals surface area contributed by atoms with Crippen LogP contribution in [-0.2, 0) is 0 Å². The zero-order valence-corrected chi connectivity index (χ0v) is 8.80. The van der Waals surface area contributed by atoms with E-state index in [1.807, 2.05) is 25.2 Å². The summed E-state index contributed by atoms with van der Waals surface area (Å²) in [5, 5.41) is 6.40. The molecule has 1 saturated carbocycles. The zero-order chi connectivity index (χ0) is 10.0. The molecule has 0 unspecified atom stereocenters. The molecular weight excluding hydrogens is 174 g/mol. The second-order valence-electron chi connectivity index (χ2n) is 4.32. The van der Waals surface area contributed by atoms with E-state index >= 15 is 0 Å². The SMILES string of the molecule is CNc1cccc(NCC2(C)CC2)n1. The predicted octanol–water partition coefficient (Wildman–Crippen LogP) is 2.34. The number of aromatic nitrogens is 1. The fourth-order valence-corrected chi connectivity index (χ4v) is 1.37. The number of hydrogen-bond acceptors (Lipinski definition) is 3. The molecule has 0 aliphatic heterocycles. The third-order valence-electron chi connectivity index (χ3n) is 2.81. The number of hydrogen-bond donors (Lipinski definition) is 2. The van der Waals surface area contributed by atoms with Crippen LogP contribution in [0.1, 0.15) is 19.8 Å². The molecule has 0 atom stereocenters. The molecule has 1 aliphatic carbocycles. The molecule has 2 rings (SSSR count). The molecule has 1 aliphatic rings. The van der Waals surface area contributed by atoms with Crippen molar-refractivity contribution in [3.05, 3.63) is 18.2 Å². The van der Waals surface area contributed by atoms with Crippen LogP contribution >= 0.6 is 0 Å². The van der Waals surface area contributed by atoms with Crippen molar-refractivity contribution in [2.45, 2.75) is 19.8 Å². The van der Waals surface area contributed by atoms with Crippen molar-refractivity contribution in [2.75, 3.05) is 24.2 Å². The summed E-state index contributed by atoms with van der Waals surface area (Å²) in [4.78, 5) is 4.40. The van der Waals surface area contributed by atoms with Gasteiger partial charge in [-0.2, -0.15) is 0 Å². The molecule has 1 aromatic heterocycles. The largest absolute Gasteiger partial charge is 0.373 e. The zero-order valence-electron chi connectivity index (χ0n) is 8.80. The van der Waals surface area contributed by atoms with Crippen LogP contribution in [0, 0.1) is 5.41 Å². The van der Waals surface area contributed by atoms with Crippen molar-refractivity contribution in [1.29, 1.82) is 0 Å². The van der Waals surface area contributed by atoms with Gasteiger partial charge in [0.1, 0.15) is 11.6 Å². The fraction of sp³-hybridized carbons (Fsp3) is 0.545. The lowest BCUT2D eigenvalue weighted by Gasteiger charge is -2.11. The first-order chi connectivity index (χ1) is 6.72. The highest BCUT2D eigenvalue weighted by molar-refractivity contribution is 5.44. The Morgan fingerprint density at radius 2 is 2.07 bits per heavy atom. The molecule has 0 radical (unpaired) electrons. The van der Waals surface area contributed by atoms with Gasteiger partial charge in [-0.25, -0.2) is 4.98 Å². The monoisotopic (exact) mass is 191 g/mol. The Morgan fingerprint density at radius 3 is 2.71 bits per heavy atom. The van der Waals surface area contributed by atoms with Gasteiger partial charge < -0.3 is 10.6 Å². The number of rotatable bonds is 4. The summed E-state index contributed by atoms with van der Waals surface area (Å²) in [7, 11) is 1.88. The first-order valence-electron chi connectivity index (χ1n) is 5.11. The van der Waals surface area contributed by atoms with Gasteiger partial charge in [-0.1, -0.05) is 13.0 Å². The molecule has 0 amide bonds. The maximum Gasteiger partial charge on any atom is 0.128 e. The third-order valence-corrected chi connectivity index (χ3v) is 2.81. The van der Waals surface area contributed by atoms with Gasteiger partial charge >= 0.3 is 0 Å². The highest BCUT2D eigenvalue weighted by Crippen LogP contribution is 2.44. The van der Waals surface area contributed by atoms with Crippen LogP contribution in [0.3, 0.4) is 0 Å². The third kappa shape index (κ3) is 2.16. The van der Waals surface area contributed by atoms with Crippen LogP contribution in [0.25, 0.3) is 0 Å². The Kier molecular flexibility index (Phi) is 2.32. The average molecular weight is 191 g/mol. The lowest BCUT2D eigenvalue weighted by atomic mass is 10.1. The molecule has 1 fully saturated rings. The summed E-state index contributed by atoms with van der Waals surface area (Å²) in [6.07, 6.45) is 2.68. The van der Waals surface area contributed by atoms with E-state index in [9.17, 15) is 0 Å². The molecule has 1 aromatic rings. The van der Waals surface area contributed by atoms with E-state index in [4.69, 9.17) is 0 Å². The molecular formula is C11H17N3. The summed E-state index contributed by atoms with van der Waals surface area (Å²) in [5.41, 5.74) is 0.525. The highest BCUT2D eigenvalue weighted by Gasteiger charge is 2.36. The summed E-state index contributed by atoms with van der Waals surface area (Å²) >= 11 is 0. The van der Waals surface area contributed by atoms with Crippen molar-refractivity contribution >= 4 is 11.6 Å². The van der Waals surface area contributed by atoms with Crippen LogP contribution in [-0.4, -0.2) is 18.6 Å². The van der Waals surface area contributed by atoms with Crippen molar-refractivity contribution in [3.63, 3.8) is 0 Å².